The van der Waals surface area contributed by atoms with Crippen molar-refractivity contribution in [2.45, 2.75) is 18.0 Å². The van der Waals surface area contributed by atoms with E-state index in [1.54, 1.807) is 60.7 Å². The third-order valence-corrected chi connectivity index (χ3v) is 8.84. The van der Waals surface area contributed by atoms with Crippen LogP contribution in [-0.4, -0.2) is 29.4 Å². The number of rotatable bonds is 3. The Morgan fingerprint density at radius 2 is 1.28 bits per heavy atom. The van der Waals surface area contributed by atoms with E-state index < -0.39 is 23.4 Å². The number of fused-ring (bicyclic) bond motifs is 5. The molecular weight excluding hydrogens is 529 g/mol. The predicted octanol–water partition coefficient (Wildman–Crippen LogP) is 7.31. The zero-order valence-corrected chi connectivity index (χ0v) is 22.1. The van der Waals surface area contributed by atoms with Gasteiger partial charge in [0.05, 0.1) is 6.04 Å². The number of nitrogens with zero attached hydrogens (tertiary/aromatic N) is 1. The van der Waals surface area contributed by atoms with E-state index in [1.165, 1.54) is 0 Å². The minimum absolute atomic E-state index is 0.185. The molecule has 1 aliphatic carbocycles. The maximum Gasteiger partial charge on any atom is 0.185 e. The van der Waals surface area contributed by atoms with Gasteiger partial charge in [0.15, 0.2) is 17.3 Å². The molecule has 6 heteroatoms. The largest absolute Gasteiger partial charge is 0.352 e. The Kier molecular flexibility index (Phi) is 5.41. The number of ketones is 3. The number of carbonyl (C=O) groups is 3. The standard InChI is InChI=1S/C33H21Cl2NO3/c34-22-14-9-20(10-15-22)28-29(30(37)21-11-16-23(35)17-12-21)36-26-8-4-1-5-19(26)13-18-27(36)33(28)31(38)24-6-2-3-7-25(24)32(33)39/h1-18,27-29H/t27?,28-,29+/m0/s1. The summed E-state index contributed by atoms with van der Waals surface area (Å²) in [4.78, 5) is 45.7. The third kappa shape index (κ3) is 3.28. The highest BCUT2D eigenvalue weighted by atomic mass is 35.5. The summed E-state index contributed by atoms with van der Waals surface area (Å²) < 4.78 is 0. The number of anilines is 1. The lowest BCUT2D eigenvalue weighted by molar-refractivity contribution is 0.0666. The van der Waals surface area contributed by atoms with Crippen LogP contribution in [0.2, 0.25) is 10.0 Å². The van der Waals surface area contributed by atoms with Crippen LogP contribution in [0.4, 0.5) is 5.69 Å². The molecule has 3 aliphatic rings. The maximum atomic E-state index is 14.6. The monoisotopic (exact) mass is 549 g/mol. The molecule has 1 spiro atoms. The lowest BCUT2D eigenvalue weighted by atomic mass is 9.64. The van der Waals surface area contributed by atoms with E-state index in [0.717, 1.165) is 11.3 Å². The van der Waals surface area contributed by atoms with Gasteiger partial charge in [0.2, 0.25) is 0 Å². The van der Waals surface area contributed by atoms with Gasteiger partial charge in [-0.25, -0.2) is 0 Å². The molecule has 0 radical (unpaired) electrons. The molecule has 0 amide bonds. The summed E-state index contributed by atoms with van der Waals surface area (Å²) in [6.45, 7) is 0. The van der Waals surface area contributed by atoms with Crippen LogP contribution in [0, 0.1) is 5.41 Å². The van der Waals surface area contributed by atoms with Crippen molar-refractivity contribution in [3.8, 4) is 0 Å². The van der Waals surface area contributed by atoms with Gasteiger partial charge in [-0.15, -0.1) is 0 Å². The maximum absolute atomic E-state index is 14.6. The summed E-state index contributed by atoms with van der Waals surface area (Å²) in [5.41, 5.74) is 2.16. The zero-order valence-electron chi connectivity index (χ0n) is 20.6. The third-order valence-electron chi connectivity index (χ3n) is 8.34. The normalized spacial score (nSPS) is 22.1. The summed E-state index contributed by atoms with van der Waals surface area (Å²) in [6, 6.07) is 27.1. The second-order valence-electron chi connectivity index (χ2n) is 10.2. The Balaban J connectivity index is 1.54. The number of Topliss-reactive ketones (excluding diaryl/α,β-unsaturated/α-hetero) is 3. The van der Waals surface area contributed by atoms with Crippen LogP contribution in [0.1, 0.15) is 48.1 Å². The van der Waals surface area contributed by atoms with Gasteiger partial charge in [-0.2, -0.15) is 0 Å². The van der Waals surface area contributed by atoms with Crippen LogP contribution in [0.5, 0.6) is 0 Å². The molecule has 0 N–H and O–H groups in total. The van der Waals surface area contributed by atoms with Crippen LogP contribution in [0.3, 0.4) is 0 Å². The summed E-state index contributed by atoms with van der Waals surface area (Å²) in [5.74, 6) is -1.47. The average molecular weight is 550 g/mol. The van der Waals surface area contributed by atoms with Gasteiger partial charge >= 0.3 is 0 Å². The first-order chi connectivity index (χ1) is 18.9. The molecule has 4 aromatic rings. The minimum atomic E-state index is -1.53. The number of carbonyl (C=O) groups excluding carboxylic acids is 3. The first-order valence-electron chi connectivity index (χ1n) is 12.7. The Morgan fingerprint density at radius 3 is 1.92 bits per heavy atom. The second kappa shape index (κ2) is 8.77. The second-order valence-corrected chi connectivity index (χ2v) is 11.1. The molecular formula is C33H21Cl2NO3. The molecule has 39 heavy (non-hydrogen) atoms. The number of benzene rings is 4. The van der Waals surface area contributed by atoms with Gasteiger partial charge in [0.1, 0.15) is 11.5 Å². The summed E-state index contributed by atoms with van der Waals surface area (Å²) in [6.07, 6.45) is 3.87. The molecule has 3 atom stereocenters. The van der Waals surface area contributed by atoms with Crippen molar-refractivity contribution in [3.05, 3.63) is 141 Å². The number of halogens is 2. The van der Waals surface area contributed by atoms with E-state index in [-0.39, 0.29) is 17.3 Å². The summed E-state index contributed by atoms with van der Waals surface area (Å²) in [5, 5.41) is 1.05. The average Bonchev–Trinajstić information content (AvgIpc) is 3.40. The van der Waals surface area contributed by atoms with Crippen LogP contribution < -0.4 is 4.90 Å². The highest BCUT2D eigenvalue weighted by molar-refractivity contribution is 6.33. The molecule has 2 heterocycles. The van der Waals surface area contributed by atoms with E-state index in [4.69, 9.17) is 23.2 Å². The molecule has 0 aromatic heterocycles. The highest BCUT2D eigenvalue weighted by Crippen LogP contribution is 2.61. The molecule has 4 nitrogen and oxygen atoms in total. The molecule has 2 aliphatic heterocycles. The van der Waals surface area contributed by atoms with Gasteiger partial charge in [-0.3, -0.25) is 14.4 Å². The predicted molar refractivity (Wildman–Crippen MR) is 153 cm³/mol. The van der Waals surface area contributed by atoms with Gasteiger partial charge in [-0.05, 0) is 53.6 Å². The molecule has 1 fully saturated rings. The fraction of sp³-hybridized carbons (Fsp3) is 0.121. The number of hydrogen-bond donors (Lipinski definition) is 0. The van der Waals surface area contributed by atoms with E-state index in [9.17, 15) is 14.4 Å². The zero-order chi connectivity index (χ0) is 26.9. The quantitative estimate of drug-likeness (QED) is 0.198. The van der Waals surface area contributed by atoms with Crippen molar-refractivity contribution in [1.29, 1.82) is 0 Å². The number of para-hydroxylation sites is 1. The Bertz CT molecular complexity index is 1670. The van der Waals surface area contributed by atoms with Crippen molar-refractivity contribution < 1.29 is 14.4 Å². The summed E-state index contributed by atoms with van der Waals surface area (Å²) >= 11 is 12.4. The lowest BCUT2D eigenvalue weighted by Crippen LogP contribution is -2.48. The first-order valence-corrected chi connectivity index (χ1v) is 13.5. The first kappa shape index (κ1) is 24.1. The van der Waals surface area contributed by atoms with Crippen molar-refractivity contribution >= 4 is 52.3 Å². The van der Waals surface area contributed by atoms with E-state index in [1.807, 2.05) is 53.5 Å². The Labute approximate surface area is 235 Å². The molecule has 190 valence electrons. The van der Waals surface area contributed by atoms with Crippen LogP contribution in [0.15, 0.2) is 103 Å². The molecule has 1 saturated heterocycles. The van der Waals surface area contributed by atoms with Crippen molar-refractivity contribution in [1.82, 2.24) is 0 Å². The van der Waals surface area contributed by atoms with Crippen molar-refractivity contribution in [2.24, 2.45) is 5.41 Å². The number of hydrogen-bond acceptors (Lipinski definition) is 4. The fourth-order valence-electron chi connectivity index (χ4n) is 6.75. The topological polar surface area (TPSA) is 54.5 Å². The van der Waals surface area contributed by atoms with E-state index in [2.05, 4.69) is 0 Å². The van der Waals surface area contributed by atoms with Gasteiger partial charge < -0.3 is 4.90 Å². The van der Waals surface area contributed by atoms with Gasteiger partial charge in [-0.1, -0.05) is 90.0 Å². The molecule has 0 bridgehead atoms. The fourth-order valence-corrected chi connectivity index (χ4v) is 7.00. The molecule has 7 rings (SSSR count). The van der Waals surface area contributed by atoms with Gasteiger partial charge in [0, 0.05) is 38.3 Å². The van der Waals surface area contributed by atoms with Crippen LogP contribution >= 0.6 is 23.2 Å². The smallest absolute Gasteiger partial charge is 0.185 e. The highest BCUT2D eigenvalue weighted by Gasteiger charge is 2.71. The van der Waals surface area contributed by atoms with Crippen molar-refractivity contribution in [2.75, 3.05) is 4.90 Å². The lowest BCUT2D eigenvalue weighted by Gasteiger charge is -2.37. The molecule has 1 unspecified atom stereocenters. The van der Waals surface area contributed by atoms with Crippen LogP contribution in [-0.2, 0) is 0 Å². The SMILES string of the molecule is O=C(c1ccc(Cl)cc1)[C@H]1[C@H](c2ccc(Cl)cc2)C2(C(=O)c3ccccc3C2=O)C2C=Cc3ccccc3N21. The van der Waals surface area contributed by atoms with Crippen molar-refractivity contribution in [3.63, 3.8) is 0 Å². The minimum Gasteiger partial charge on any atom is -0.352 e. The molecule has 4 aromatic carbocycles. The summed E-state index contributed by atoms with van der Waals surface area (Å²) in [7, 11) is 0. The Hall–Kier alpha value is -3.99. The van der Waals surface area contributed by atoms with Gasteiger partial charge in [0.25, 0.3) is 0 Å². The van der Waals surface area contributed by atoms with Crippen LogP contribution in [0.25, 0.3) is 6.08 Å². The molecule has 0 saturated carbocycles. The van der Waals surface area contributed by atoms with E-state index in [0.29, 0.717) is 32.3 Å². The Morgan fingerprint density at radius 1 is 0.718 bits per heavy atom. The van der Waals surface area contributed by atoms with E-state index >= 15 is 0 Å².